The third-order valence-corrected chi connectivity index (χ3v) is 4.79. The zero-order valence-corrected chi connectivity index (χ0v) is 16.9. The number of carbonyl (C=O) groups excluding carboxylic acids is 1. The maximum atomic E-state index is 13.8. The summed E-state index contributed by atoms with van der Waals surface area (Å²) < 4.78 is 13.8. The molecule has 1 atom stereocenters. The Bertz CT molecular complexity index is 1160. The van der Waals surface area contributed by atoms with Crippen LogP contribution in [0, 0.1) is 12.7 Å². The third-order valence-electron chi connectivity index (χ3n) is 4.79. The van der Waals surface area contributed by atoms with Crippen LogP contribution in [0.25, 0.3) is 0 Å². The van der Waals surface area contributed by atoms with Gasteiger partial charge in [0.2, 0.25) is 0 Å². The molecule has 0 aliphatic rings. The molecular formula is C25H21FN4O. The highest BCUT2D eigenvalue weighted by molar-refractivity contribution is 6.04. The van der Waals surface area contributed by atoms with E-state index in [-0.39, 0.29) is 11.7 Å². The number of aromatic nitrogens is 2. The SMILES string of the molecule is Cc1ccc(NC(=O)c2ccc(NC(c3cccc(F)c3)c3ccccn3)nc2)cc1. The van der Waals surface area contributed by atoms with Gasteiger partial charge < -0.3 is 10.6 Å². The minimum Gasteiger partial charge on any atom is -0.358 e. The summed E-state index contributed by atoms with van der Waals surface area (Å²) in [6, 6.07) is 22.5. The zero-order valence-electron chi connectivity index (χ0n) is 16.9. The Labute approximate surface area is 180 Å². The number of hydrogen-bond acceptors (Lipinski definition) is 4. The van der Waals surface area contributed by atoms with Crippen molar-refractivity contribution in [3.8, 4) is 0 Å². The van der Waals surface area contributed by atoms with Gasteiger partial charge in [-0.2, -0.15) is 0 Å². The number of halogens is 1. The number of nitrogens with zero attached hydrogens (tertiary/aromatic N) is 2. The van der Waals surface area contributed by atoms with Crippen LogP contribution in [0.15, 0.2) is 91.3 Å². The van der Waals surface area contributed by atoms with Gasteiger partial charge in [0.25, 0.3) is 5.91 Å². The number of pyridine rings is 2. The van der Waals surface area contributed by atoms with Crippen molar-refractivity contribution in [3.05, 3.63) is 119 Å². The smallest absolute Gasteiger partial charge is 0.257 e. The molecule has 6 heteroatoms. The molecule has 0 aliphatic carbocycles. The van der Waals surface area contributed by atoms with Crippen LogP contribution in [0.2, 0.25) is 0 Å². The van der Waals surface area contributed by atoms with Crippen molar-refractivity contribution in [3.63, 3.8) is 0 Å². The quantitative estimate of drug-likeness (QED) is 0.446. The number of aryl methyl sites for hydroxylation is 1. The minimum atomic E-state index is -0.392. The molecule has 0 spiro atoms. The number of hydrogen-bond donors (Lipinski definition) is 2. The van der Waals surface area contributed by atoms with Gasteiger partial charge in [0.15, 0.2) is 0 Å². The van der Waals surface area contributed by atoms with Crippen molar-refractivity contribution >= 4 is 17.4 Å². The van der Waals surface area contributed by atoms with Crippen molar-refractivity contribution in [1.82, 2.24) is 9.97 Å². The fourth-order valence-electron chi connectivity index (χ4n) is 3.16. The molecule has 0 saturated heterocycles. The summed E-state index contributed by atoms with van der Waals surface area (Å²) in [6.45, 7) is 1.99. The van der Waals surface area contributed by atoms with E-state index in [1.807, 2.05) is 55.5 Å². The fourth-order valence-corrected chi connectivity index (χ4v) is 3.16. The summed E-state index contributed by atoms with van der Waals surface area (Å²) in [4.78, 5) is 21.3. The Morgan fingerprint density at radius 1 is 0.935 bits per heavy atom. The molecule has 31 heavy (non-hydrogen) atoms. The molecular weight excluding hydrogens is 391 g/mol. The highest BCUT2D eigenvalue weighted by atomic mass is 19.1. The lowest BCUT2D eigenvalue weighted by molar-refractivity contribution is 0.102. The zero-order chi connectivity index (χ0) is 21.6. The van der Waals surface area contributed by atoms with E-state index in [2.05, 4.69) is 20.6 Å². The largest absolute Gasteiger partial charge is 0.358 e. The maximum Gasteiger partial charge on any atom is 0.257 e. The van der Waals surface area contributed by atoms with E-state index >= 15 is 0 Å². The van der Waals surface area contributed by atoms with Gasteiger partial charge in [-0.1, -0.05) is 35.9 Å². The van der Waals surface area contributed by atoms with Crippen LogP contribution in [-0.2, 0) is 0 Å². The second kappa shape index (κ2) is 9.17. The Balaban J connectivity index is 1.53. The van der Waals surface area contributed by atoms with E-state index in [4.69, 9.17) is 0 Å². The summed E-state index contributed by atoms with van der Waals surface area (Å²) in [5.41, 5.74) is 3.74. The Hall–Kier alpha value is -4.06. The summed E-state index contributed by atoms with van der Waals surface area (Å²) in [7, 11) is 0. The van der Waals surface area contributed by atoms with Crippen LogP contribution in [0.1, 0.15) is 33.2 Å². The second-order valence-electron chi connectivity index (χ2n) is 7.14. The monoisotopic (exact) mass is 412 g/mol. The third kappa shape index (κ3) is 5.11. The topological polar surface area (TPSA) is 66.9 Å². The standard InChI is InChI=1S/C25H21FN4O/c1-17-8-11-21(12-9-17)29-25(31)19-10-13-23(28-16-19)30-24(22-7-2-3-14-27-22)18-5-4-6-20(26)15-18/h2-16,24H,1H3,(H,28,30)(H,29,31). The molecule has 1 unspecified atom stereocenters. The van der Waals surface area contributed by atoms with Gasteiger partial charge in [-0.3, -0.25) is 9.78 Å². The molecule has 0 saturated carbocycles. The Morgan fingerprint density at radius 3 is 2.45 bits per heavy atom. The first-order chi connectivity index (χ1) is 15.1. The molecule has 0 fully saturated rings. The summed E-state index contributed by atoms with van der Waals surface area (Å²) in [5.74, 6) is -0.0163. The molecule has 1 amide bonds. The van der Waals surface area contributed by atoms with Crippen molar-refractivity contribution < 1.29 is 9.18 Å². The highest BCUT2D eigenvalue weighted by Crippen LogP contribution is 2.25. The van der Waals surface area contributed by atoms with E-state index in [1.165, 1.54) is 18.3 Å². The first-order valence-electron chi connectivity index (χ1n) is 9.85. The fraction of sp³-hybridized carbons (Fsp3) is 0.0800. The molecule has 2 N–H and O–H groups in total. The van der Waals surface area contributed by atoms with Crippen molar-refractivity contribution in [2.24, 2.45) is 0 Å². The number of carbonyl (C=O) groups is 1. The molecule has 0 aliphatic heterocycles. The molecule has 4 aromatic rings. The van der Waals surface area contributed by atoms with Crippen molar-refractivity contribution in [2.75, 3.05) is 10.6 Å². The predicted octanol–water partition coefficient (Wildman–Crippen LogP) is 5.38. The number of nitrogens with one attached hydrogen (secondary N) is 2. The number of rotatable bonds is 6. The normalized spacial score (nSPS) is 11.5. The molecule has 2 heterocycles. The minimum absolute atomic E-state index is 0.241. The van der Waals surface area contributed by atoms with Gasteiger partial charge in [0.05, 0.1) is 17.3 Å². The van der Waals surface area contributed by atoms with Crippen LogP contribution < -0.4 is 10.6 Å². The Morgan fingerprint density at radius 2 is 1.77 bits per heavy atom. The van der Waals surface area contributed by atoms with Crippen LogP contribution in [0.4, 0.5) is 15.9 Å². The van der Waals surface area contributed by atoms with Crippen LogP contribution in [0.3, 0.4) is 0 Å². The van der Waals surface area contributed by atoms with Crippen LogP contribution >= 0.6 is 0 Å². The summed E-state index contributed by atoms with van der Waals surface area (Å²) in [5, 5.41) is 6.14. The number of benzene rings is 2. The van der Waals surface area contributed by atoms with E-state index in [0.717, 1.165) is 22.5 Å². The van der Waals surface area contributed by atoms with Gasteiger partial charge in [0, 0.05) is 18.1 Å². The van der Waals surface area contributed by atoms with E-state index in [1.54, 1.807) is 24.4 Å². The first kappa shape index (κ1) is 20.2. The molecule has 0 radical (unpaired) electrons. The maximum absolute atomic E-state index is 13.8. The van der Waals surface area contributed by atoms with Gasteiger partial charge in [-0.25, -0.2) is 9.37 Å². The summed E-state index contributed by atoms with van der Waals surface area (Å²) >= 11 is 0. The van der Waals surface area contributed by atoms with Gasteiger partial charge in [-0.15, -0.1) is 0 Å². The average Bonchev–Trinajstić information content (AvgIpc) is 2.80. The average molecular weight is 412 g/mol. The first-order valence-corrected chi connectivity index (χ1v) is 9.85. The Kier molecular flexibility index (Phi) is 5.98. The second-order valence-corrected chi connectivity index (χ2v) is 7.14. The molecule has 4 rings (SSSR count). The van der Waals surface area contributed by atoms with E-state index in [9.17, 15) is 9.18 Å². The van der Waals surface area contributed by atoms with E-state index in [0.29, 0.717) is 11.4 Å². The molecule has 2 aromatic heterocycles. The lowest BCUT2D eigenvalue weighted by atomic mass is 10.0. The highest BCUT2D eigenvalue weighted by Gasteiger charge is 2.17. The molecule has 2 aromatic carbocycles. The summed E-state index contributed by atoms with van der Waals surface area (Å²) in [6.07, 6.45) is 3.20. The number of amides is 1. The lowest BCUT2D eigenvalue weighted by Gasteiger charge is -2.19. The number of anilines is 2. The molecule has 0 bridgehead atoms. The van der Waals surface area contributed by atoms with Crippen molar-refractivity contribution in [1.29, 1.82) is 0 Å². The van der Waals surface area contributed by atoms with Crippen LogP contribution in [0.5, 0.6) is 0 Å². The van der Waals surface area contributed by atoms with Gasteiger partial charge >= 0.3 is 0 Å². The van der Waals surface area contributed by atoms with Crippen LogP contribution in [-0.4, -0.2) is 15.9 Å². The molecule has 5 nitrogen and oxygen atoms in total. The van der Waals surface area contributed by atoms with Crippen molar-refractivity contribution in [2.45, 2.75) is 13.0 Å². The predicted molar refractivity (Wildman–Crippen MR) is 119 cm³/mol. The van der Waals surface area contributed by atoms with Gasteiger partial charge in [-0.05, 0) is 61.0 Å². The van der Waals surface area contributed by atoms with Gasteiger partial charge in [0.1, 0.15) is 11.6 Å². The lowest BCUT2D eigenvalue weighted by Crippen LogP contribution is -2.16. The molecule has 154 valence electrons. The van der Waals surface area contributed by atoms with E-state index < -0.39 is 6.04 Å².